The van der Waals surface area contributed by atoms with Crippen LogP contribution < -0.4 is 0 Å². The van der Waals surface area contributed by atoms with E-state index in [2.05, 4.69) is 15.0 Å². The number of nitrogens with zero attached hydrogens (tertiary/aromatic N) is 3. The van der Waals surface area contributed by atoms with Gasteiger partial charge in [-0.1, -0.05) is 0 Å². The van der Waals surface area contributed by atoms with Crippen LogP contribution in [0.4, 0.5) is 0 Å². The fourth-order valence-electron chi connectivity index (χ4n) is 3.70. The molecule has 29 heavy (non-hydrogen) atoms. The molecule has 3 aromatic rings. The molecule has 1 saturated heterocycles. The van der Waals surface area contributed by atoms with E-state index in [-0.39, 0.29) is 22.4 Å². The molecule has 4 heterocycles. The van der Waals surface area contributed by atoms with Crippen LogP contribution in [0.5, 0.6) is 0 Å². The predicted octanol–water partition coefficient (Wildman–Crippen LogP) is 3.47. The van der Waals surface area contributed by atoms with Gasteiger partial charge in [0.25, 0.3) is 0 Å². The van der Waals surface area contributed by atoms with Crippen LogP contribution in [0.15, 0.2) is 41.6 Å². The van der Waals surface area contributed by atoms with Gasteiger partial charge in [0.05, 0.1) is 5.69 Å². The third-order valence-electron chi connectivity index (χ3n) is 5.43. The predicted molar refractivity (Wildman–Crippen MR) is 115 cm³/mol. The molecule has 0 radical (unpaired) electrons. The molecule has 3 aromatic heterocycles. The Balaban J connectivity index is 1.60. The molecule has 156 valence electrons. The lowest BCUT2D eigenvalue weighted by Gasteiger charge is -2.41. The Morgan fingerprint density at radius 1 is 1.17 bits per heavy atom. The van der Waals surface area contributed by atoms with Crippen molar-refractivity contribution in [2.24, 2.45) is 0 Å². The van der Waals surface area contributed by atoms with Crippen LogP contribution in [0.25, 0.3) is 22.3 Å². The molecule has 1 aliphatic heterocycles. The maximum Gasteiger partial charge on any atom is 0.244 e. The Labute approximate surface area is 171 Å². The minimum Gasteiger partial charge on any atom is -0.344 e. The van der Waals surface area contributed by atoms with E-state index in [9.17, 15) is 17.5 Å². The largest absolute Gasteiger partial charge is 0.344 e. The Morgan fingerprint density at radius 3 is 2.55 bits per heavy atom. The average Bonchev–Trinajstić information content (AvgIpc) is 3.07. The van der Waals surface area contributed by atoms with Crippen molar-refractivity contribution in [3.05, 3.63) is 42.4 Å². The van der Waals surface area contributed by atoms with Crippen LogP contribution >= 0.6 is 10.6 Å². The van der Waals surface area contributed by atoms with Gasteiger partial charge in [0.1, 0.15) is 10.5 Å². The molecule has 0 unspecified atom stereocenters. The number of pyridine rings is 2. The van der Waals surface area contributed by atoms with Crippen molar-refractivity contribution in [3.8, 4) is 11.3 Å². The normalized spacial score (nSPS) is 18.9. The molecule has 0 bridgehead atoms. The maximum absolute atomic E-state index is 13.0. The van der Waals surface area contributed by atoms with Gasteiger partial charge in [-0.3, -0.25) is 14.1 Å². The second-order valence-corrected chi connectivity index (χ2v) is 11.8. The first-order chi connectivity index (χ1) is 13.7. The molecule has 0 amide bonds. The van der Waals surface area contributed by atoms with Gasteiger partial charge < -0.3 is 4.98 Å². The van der Waals surface area contributed by atoms with Crippen LogP contribution in [0.3, 0.4) is 0 Å². The van der Waals surface area contributed by atoms with E-state index < -0.39 is 20.6 Å². The van der Waals surface area contributed by atoms with E-state index >= 15 is 0 Å². The van der Waals surface area contributed by atoms with Crippen LogP contribution in [0.2, 0.25) is 0 Å². The molecular weight excluding hydrogens is 412 g/mol. The van der Waals surface area contributed by atoms with Crippen molar-refractivity contribution >= 4 is 31.6 Å². The lowest BCUT2D eigenvalue weighted by atomic mass is 10.1. The summed E-state index contributed by atoms with van der Waals surface area (Å²) < 4.78 is 46.9. The van der Waals surface area contributed by atoms with Crippen LogP contribution in [-0.2, 0) is 10.0 Å². The van der Waals surface area contributed by atoms with Crippen LogP contribution in [0, 0.1) is 6.92 Å². The first-order valence-electron chi connectivity index (χ1n) is 9.30. The van der Waals surface area contributed by atoms with Gasteiger partial charge in [-0.15, -0.1) is 0 Å². The number of rotatable bonds is 4. The summed E-state index contributed by atoms with van der Waals surface area (Å²) in [7, 11) is -4.73. The first kappa shape index (κ1) is 20.3. The summed E-state index contributed by atoms with van der Waals surface area (Å²) in [6.07, 6.45) is 3.95. The second kappa shape index (κ2) is 7.37. The molecule has 10 heteroatoms. The van der Waals surface area contributed by atoms with Gasteiger partial charge in [-0.05, 0) is 44.0 Å². The Kier molecular flexibility index (Phi) is 5.16. The Morgan fingerprint density at radius 2 is 1.90 bits per heavy atom. The standard InChI is InChI=1S/C19H24N4O4S2/c1-13-11-17-16(5-8-20-19(17)22-13)18-4-3-15(12-21-18)29(26,27)23(2)14-6-9-28(24,25)10-7-14/h3-5,8,11-12,14,24-25H,6-7,9-10H2,1-2H3,(H,20,22). The smallest absolute Gasteiger partial charge is 0.244 e. The minimum atomic E-state index is -3.71. The summed E-state index contributed by atoms with van der Waals surface area (Å²) in [5, 5.41) is 0.937. The van der Waals surface area contributed by atoms with Crippen molar-refractivity contribution in [2.75, 3.05) is 18.6 Å². The summed E-state index contributed by atoms with van der Waals surface area (Å²) in [6.45, 7) is 1.95. The zero-order valence-electron chi connectivity index (χ0n) is 16.2. The molecule has 0 aliphatic carbocycles. The van der Waals surface area contributed by atoms with Gasteiger partial charge in [-0.2, -0.15) is 14.9 Å². The van der Waals surface area contributed by atoms with Gasteiger partial charge in [0.15, 0.2) is 0 Å². The van der Waals surface area contributed by atoms with Crippen molar-refractivity contribution in [3.63, 3.8) is 0 Å². The quantitative estimate of drug-likeness (QED) is 0.576. The summed E-state index contributed by atoms with van der Waals surface area (Å²) in [6, 6.07) is 6.87. The van der Waals surface area contributed by atoms with Crippen molar-refractivity contribution in [2.45, 2.75) is 30.7 Å². The number of aromatic nitrogens is 3. The van der Waals surface area contributed by atoms with E-state index in [1.807, 2.05) is 19.1 Å². The van der Waals surface area contributed by atoms with E-state index in [1.165, 1.54) is 10.5 Å². The fraction of sp³-hybridized carbons (Fsp3) is 0.368. The van der Waals surface area contributed by atoms with E-state index in [4.69, 9.17) is 0 Å². The highest BCUT2D eigenvalue weighted by molar-refractivity contribution is 8.24. The zero-order valence-corrected chi connectivity index (χ0v) is 17.9. The summed E-state index contributed by atoms with van der Waals surface area (Å²) in [4.78, 5) is 12.0. The van der Waals surface area contributed by atoms with E-state index in [0.29, 0.717) is 18.5 Å². The van der Waals surface area contributed by atoms with Crippen molar-refractivity contribution in [1.29, 1.82) is 0 Å². The Bertz CT molecular complexity index is 1130. The van der Waals surface area contributed by atoms with Crippen molar-refractivity contribution < 1.29 is 17.5 Å². The highest BCUT2D eigenvalue weighted by atomic mass is 32.3. The lowest BCUT2D eigenvalue weighted by Crippen LogP contribution is -2.41. The third kappa shape index (κ3) is 3.90. The molecule has 0 spiro atoms. The number of nitrogens with one attached hydrogen (secondary N) is 1. The molecular formula is C19H24N4O4S2. The van der Waals surface area contributed by atoms with Gasteiger partial charge >= 0.3 is 0 Å². The molecule has 0 aromatic carbocycles. The highest BCUT2D eigenvalue weighted by Crippen LogP contribution is 2.45. The topological polar surface area (TPSA) is 119 Å². The monoisotopic (exact) mass is 436 g/mol. The molecule has 1 aliphatic rings. The van der Waals surface area contributed by atoms with Crippen LogP contribution in [0.1, 0.15) is 18.5 Å². The molecule has 0 atom stereocenters. The average molecular weight is 437 g/mol. The Hall–Kier alpha value is -1.98. The summed E-state index contributed by atoms with van der Waals surface area (Å²) in [5.41, 5.74) is 3.31. The zero-order chi connectivity index (χ0) is 20.8. The molecule has 1 fully saturated rings. The number of aryl methyl sites for hydroxylation is 1. The number of sulfonamides is 1. The molecule has 0 saturated carbocycles. The number of fused-ring (bicyclic) bond motifs is 1. The van der Waals surface area contributed by atoms with E-state index in [1.54, 1.807) is 25.4 Å². The lowest BCUT2D eigenvalue weighted by molar-refractivity contribution is 0.332. The molecule has 4 rings (SSSR count). The molecule has 8 nitrogen and oxygen atoms in total. The molecule has 3 N–H and O–H groups in total. The number of aromatic amines is 1. The summed E-state index contributed by atoms with van der Waals surface area (Å²) in [5.74, 6) is 0.478. The minimum absolute atomic E-state index is 0.122. The van der Waals surface area contributed by atoms with Gasteiger partial charge in [-0.25, -0.2) is 13.4 Å². The second-order valence-electron chi connectivity index (χ2n) is 7.42. The van der Waals surface area contributed by atoms with Gasteiger partial charge in [0.2, 0.25) is 10.0 Å². The fourth-order valence-corrected chi connectivity index (χ4v) is 6.56. The number of H-pyrrole nitrogens is 1. The van der Waals surface area contributed by atoms with Crippen molar-refractivity contribution in [1.82, 2.24) is 19.3 Å². The third-order valence-corrected chi connectivity index (χ3v) is 9.10. The SMILES string of the molecule is Cc1cc2c(-c3ccc(S(=O)(=O)N(C)C4CCS(O)(O)CC4)cn3)ccnc2[nH]1. The van der Waals surface area contributed by atoms with E-state index in [0.717, 1.165) is 22.3 Å². The first-order valence-corrected chi connectivity index (χ1v) is 12.6. The number of hydrogen-bond donors (Lipinski definition) is 3. The summed E-state index contributed by atoms with van der Waals surface area (Å²) >= 11 is 0. The van der Waals surface area contributed by atoms with Gasteiger partial charge in [0, 0.05) is 53.6 Å². The maximum atomic E-state index is 13.0. The van der Waals surface area contributed by atoms with Crippen LogP contribution in [-0.4, -0.2) is 61.4 Å². The number of hydrogen-bond acceptors (Lipinski definition) is 6. The highest BCUT2D eigenvalue weighted by Gasteiger charge is 2.33.